The molecule has 0 amide bonds. The number of benzene rings is 2. The van der Waals surface area contributed by atoms with Crippen LogP contribution in [0.3, 0.4) is 0 Å². The molecule has 3 rings (SSSR count). The van der Waals surface area contributed by atoms with Gasteiger partial charge in [-0.3, -0.25) is 0 Å². The smallest absolute Gasteiger partial charge is 0.0563 e. The van der Waals surface area contributed by atoms with E-state index in [0.29, 0.717) is 0 Å². The molecular formula is C13H11ClN-. The summed E-state index contributed by atoms with van der Waals surface area (Å²) in [6.07, 6.45) is 0. The maximum atomic E-state index is 6.16. The van der Waals surface area contributed by atoms with Crippen LogP contribution in [-0.2, 0) is 0 Å². The number of rotatable bonds is 0. The highest BCUT2D eigenvalue weighted by Crippen LogP contribution is 2.41. The van der Waals surface area contributed by atoms with E-state index < -0.39 is 0 Å². The van der Waals surface area contributed by atoms with E-state index in [9.17, 15) is 0 Å². The van der Waals surface area contributed by atoms with Crippen molar-refractivity contribution in [1.82, 2.24) is 0 Å². The zero-order valence-corrected chi connectivity index (χ0v) is 8.91. The van der Waals surface area contributed by atoms with Crippen LogP contribution in [0.1, 0.15) is 17.2 Å². The first-order valence-electron chi connectivity index (χ1n) is 4.82. The molecule has 0 unspecified atom stereocenters. The third kappa shape index (κ3) is 1.36. The fourth-order valence-corrected chi connectivity index (χ4v) is 2.19. The number of fused-ring (bicyclic) bond motifs is 3. The third-order valence-electron chi connectivity index (χ3n) is 2.88. The molecule has 1 nitrogen and oxygen atoms in total. The molecule has 0 bridgehead atoms. The Morgan fingerprint density at radius 1 is 0.733 bits per heavy atom. The Hall–Kier alpha value is -1.31. The lowest BCUT2D eigenvalue weighted by Gasteiger charge is -2.04. The van der Waals surface area contributed by atoms with Crippen molar-refractivity contribution in [3.63, 3.8) is 0 Å². The minimum absolute atomic E-state index is 0. The SMILES string of the molecule is NC1c2ccccc2-c2ccccc21.[Cl-]. The van der Waals surface area contributed by atoms with Crippen LogP contribution in [0.2, 0.25) is 0 Å². The van der Waals surface area contributed by atoms with E-state index in [1.807, 2.05) is 12.1 Å². The van der Waals surface area contributed by atoms with E-state index in [1.54, 1.807) is 0 Å². The molecule has 0 radical (unpaired) electrons. The monoisotopic (exact) mass is 216 g/mol. The van der Waals surface area contributed by atoms with Crippen LogP contribution in [-0.4, -0.2) is 0 Å². The van der Waals surface area contributed by atoms with Gasteiger partial charge in [-0.25, -0.2) is 0 Å². The Morgan fingerprint density at radius 3 is 1.60 bits per heavy atom. The fraction of sp³-hybridized carbons (Fsp3) is 0.0769. The van der Waals surface area contributed by atoms with Crippen LogP contribution in [0.4, 0.5) is 0 Å². The van der Waals surface area contributed by atoms with Gasteiger partial charge in [-0.2, -0.15) is 0 Å². The Labute approximate surface area is 95.3 Å². The lowest BCUT2D eigenvalue weighted by atomic mass is 10.1. The second kappa shape index (κ2) is 3.69. The van der Waals surface area contributed by atoms with E-state index in [0.717, 1.165) is 0 Å². The van der Waals surface area contributed by atoms with Crippen molar-refractivity contribution in [2.45, 2.75) is 6.04 Å². The second-order valence-corrected chi connectivity index (χ2v) is 3.65. The van der Waals surface area contributed by atoms with Gasteiger partial charge in [0.2, 0.25) is 0 Å². The largest absolute Gasteiger partial charge is 1.00 e. The molecule has 0 heterocycles. The number of halogens is 1. The van der Waals surface area contributed by atoms with Crippen LogP contribution < -0.4 is 18.1 Å². The van der Waals surface area contributed by atoms with Gasteiger partial charge in [0.15, 0.2) is 0 Å². The molecule has 1 aliphatic carbocycles. The highest BCUT2D eigenvalue weighted by molar-refractivity contribution is 5.78. The first-order valence-corrected chi connectivity index (χ1v) is 4.82. The zero-order valence-electron chi connectivity index (χ0n) is 8.15. The summed E-state index contributed by atoms with van der Waals surface area (Å²) < 4.78 is 0. The maximum absolute atomic E-state index is 6.16. The van der Waals surface area contributed by atoms with Crippen molar-refractivity contribution in [2.75, 3.05) is 0 Å². The van der Waals surface area contributed by atoms with Gasteiger partial charge >= 0.3 is 0 Å². The molecule has 1 aliphatic rings. The molecule has 2 aromatic rings. The predicted molar refractivity (Wildman–Crippen MR) is 57.9 cm³/mol. The van der Waals surface area contributed by atoms with Crippen LogP contribution >= 0.6 is 0 Å². The van der Waals surface area contributed by atoms with E-state index in [4.69, 9.17) is 5.73 Å². The fourth-order valence-electron chi connectivity index (χ4n) is 2.19. The van der Waals surface area contributed by atoms with Crippen molar-refractivity contribution in [2.24, 2.45) is 5.73 Å². The van der Waals surface area contributed by atoms with Gasteiger partial charge in [0.1, 0.15) is 0 Å². The Bertz CT molecular complexity index is 448. The van der Waals surface area contributed by atoms with E-state index >= 15 is 0 Å². The minimum Gasteiger partial charge on any atom is -1.00 e. The van der Waals surface area contributed by atoms with Crippen LogP contribution in [0.5, 0.6) is 0 Å². The second-order valence-electron chi connectivity index (χ2n) is 3.65. The highest BCUT2D eigenvalue weighted by atomic mass is 35.5. The van der Waals surface area contributed by atoms with Gasteiger partial charge in [-0.1, -0.05) is 48.5 Å². The molecule has 2 N–H and O–H groups in total. The van der Waals surface area contributed by atoms with E-state index in [1.165, 1.54) is 22.3 Å². The van der Waals surface area contributed by atoms with Crippen LogP contribution in [0, 0.1) is 0 Å². The third-order valence-corrected chi connectivity index (χ3v) is 2.88. The molecule has 0 aromatic heterocycles. The Kier molecular flexibility index (Phi) is 2.51. The summed E-state index contributed by atoms with van der Waals surface area (Å²) in [7, 11) is 0. The topological polar surface area (TPSA) is 26.0 Å². The van der Waals surface area contributed by atoms with Crippen molar-refractivity contribution in [3.8, 4) is 11.1 Å². The molecule has 0 spiro atoms. The molecular weight excluding hydrogens is 206 g/mol. The zero-order chi connectivity index (χ0) is 9.54. The summed E-state index contributed by atoms with van der Waals surface area (Å²) in [5.41, 5.74) is 11.2. The summed E-state index contributed by atoms with van der Waals surface area (Å²) in [6, 6.07) is 16.8. The molecule has 0 aliphatic heterocycles. The summed E-state index contributed by atoms with van der Waals surface area (Å²) in [4.78, 5) is 0. The van der Waals surface area contributed by atoms with Crippen molar-refractivity contribution in [3.05, 3.63) is 59.7 Å². The number of nitrogens with two attached hydrogens (primary N) is 1. The molecule has 2 aromatic carbocycles. The van der Waals surface area contributed by atoms with Gasteiger partial charge in [-0.05, 0) is 22.3 Å². The Balaban J connectivity index is 0.000000853. The number of hydrogen-bond acceptors (Lipinski definition) is 1. The first kappa shape index (κ1) is 10.2. The molecule has 76 valence electrons. The summed E-state index contributed by atoms with van der Waals surface area (Å²) >= 11 is 0. The summed E-state index contributed by atoms with van der Waals surface area (Å²) in [6.45, 7) is 0. The van der Waals surface area contributed by atoms with Crippen LogP contribution in [0.15, 0.2) is 48.5 Å². The molecule has 2 heteroatoms. The van der Waals surface area contributed by atoms with Gasteiger partial charge in [0.25, 0.3) is 0 Å². The average molecular weight is 217 g/mol. The number of hydrogen-bond donors (Lipinski definition) is 1. The van der Waals surface area contributed by atoms with Crippen molar-refractivity contribution >= 4 is 0 Å². The minimum atomic E-state index is 0. The summed E-state index contributed by atoms with van der Waals surface area (Å²) in [5, 5.41) is 0. The lowest BCUT2D eigenvalue weighted by Crippen LogP contribution is -3.00. The van der Waals surface area contributed by atoms with E-state index in [-0.39, 0.29) is 18.4 Å². The van der Waals surface area contributed by atoms with Gasteiger partial charge in [-0.15, -0.1) is 0 Å². The molecule has 15 heavy (non-hydrogen) atoms. The van der Waals surface area contributed by atoms with Gasteiger partial charge < -0.3 is 18.1 Å². The maximum Gasteiger partial charge on any atom is 0.0563 e. The standard InChI is InChI=1S/C13H11N.ClH/c14-13-11-7-3-1-5-9(11)10-6-2-4-8-12(10)13;/h1-8,13H,14H2;1H/p-1. The molecule has 0 fully saturated rings. The van der Waals surface area contributed by atoms with Crippen molar-refractivity contribution < 1.29 is 12.4 Å². The first-order chi connectivity index (χ1) is 6.88. The molecule has 0 atom stereocenters. The molecule has 0 saturated heterocycles. The van der Waals surface area contributed by atoms with Crippen LogP contribution in [0.25, 0.3) is 11.1 Å². The van der Waals surface area contributed by atoms with E-state index in [2.05, 4.69) is 36.4 Å². The normalized spacial score (nSPS) is 12.9. The average Bonchev–Trinajstić information content (AvgIpc) is 2.55. The Morgan fingerprint density at radius 2 is 1.13 bits per heavy atom. The van der Waals surface area contributed by atoms with Gasteiger partial charge in [0.05, 0.1) is 6.04 Å². The quantitative estimate of drug-likeness (QED) is 0.644. The van der Waals surface area contributed by atoms with Crippen molar-refractivity contribution in [1.29, 1.82) is 0 Å². The van der Waals surface area contributed by atoms with Gasteiger partial charge in [0, 0.05) is 0 Å². The lowest BCUT2D eigenvalue weighted by molar-refractivity contribution is -0.00000276. The molecule has 0 saturated carbocycles. The predicted octanol–water partition coefficient (Wildman–Crippen LogP) is -0.281. The highest BCUT2D eigenvalue weighted by Gasteiger charge is 2.24. The summed E-state index contributed by atoms with van der Waals surface area (Å²) in [5.74, 6) is 0.